The molecule has 164 valence electrons. The zero-order valence-corrected chi connectivity index (χ0v) is 18.4. The number of hydrogen-bond donors (Lipinski definition) is 1. The van der Waals surface area contributed by atoms with Gasteiger partial charge in [-0.2, -0.15) is 0 Å². The quantitative estimate of drug-likeness (QED) is 0.348. The maximum Gasteiger partial charge on any atom is 0.144 e. The second-order valence-electron chi connectivity index (χ2n) is 9.44. The second-order valence-corrected chi connectivity index (χ2v) is 9.85. The Kier molecular flexibility index (Phi) is 4.90. The number of nitrogens with one attached hydrogen (secondary N) is 1. The topological polar surface area (TPSA) is 41.6 Å². The van der Waals surface area contributed by atoms with Crippen LogP contribution in [0.5, 0.6) is 0 Å². The predicted molar refractivity (Wildman–Crippen MR) is 123 cm³/mol. The molecule has 2 saturated carbocycles. The lowest BCUT2D eigenvalue weighted by molar-refractivity contribution is 0.259. The van der Waals surface area contributed by atoms with Crippen molar-refractivity contribution < 1.29 is 8.78 Å². The van der Waals surface area contributed by atoms with Crippen LogP contribution in [-0.4, -0.2) is 15.0 Å². The van der Waals surface area contributed by atoms with Crippen molar-refractivity contribution >= 4 is 33.5 Å². The summed E-state index contributed by atoms with van der Waals surface area (Å²) in [6, 6.07) is 9.98. The van der Waals surface area contributed by atoms with Crippen molar-refractivity contribution in [2.45, 2.75) is 50.4 Å². The van der Waals surface area contributed by atoms with Crippen LogP contribution < -0.4 is 0 Å². The third-order valence-corrected chi connectivity index (χ3v) is 7.73. The average Bonchev–Trinajstić information content (AvgIpc) is 3.55. The highest BCUT2D eigenvalue weighted by atomic mass is 35.5. The van der Waals surface area contributed by atoms with E-state index in [-0.39, 0.29) is 10.8 Å². The molecule has 2 heterocycles. The fourth-order valence-electron chi connectivity index (χ4n) is 5.75. The summed E-state index contributed by atoms with van der Waals surface area (Å²) in [6.07, 6.45) is 8.66. The smallest absolute Gasteiger partial charge is 0.144 e. The van der Waals surface area contributed by atoms with E-state index in [0.29, 0.717) is 29.2 Å². The summed E-state index contributed by atoms with van der Waals surface area (Å²) >= 11 is 5.97. The lowest BCUT2D eigenvalue weighted by Gasteiger charge is -2.34. The van der Waals surface area contributed by atoms with E-state index in [2.05, 4.69) is 16.0 Å². The first kappa shape index (κ1) is 20.1. The molecule has 2 aliphatic rings. The van der Waals surface area contributed by atoms with Crippen LogP contribution in [0.15, 0.2) is 42.6 Å². The Bertz CT molecular complexity index is 1270. The molecule has 0 saturated heterocycles. The van der Waals surface area contributed by atoms with E-state index in [0.717, 1.165) is 47.9 Å². The van der Waals surface area contributed by atoms with Crippen LogP contribution in [0.3, 0.4) is 0 Å². The second kappa shape index (κ2) is 7.80. The zero-order chi connectivity index (χ0) is 21.8. The van der Waals surface area contributed by atoms with E-state index >= 15 is 0 Å². The van der Waals surface area contributed by atoms with Crippen LogP contribution in [0.1, 0.15) is 61.7 Å². The van der Waals surface area contributed by atoms with Crippen LogP contribution in [-0.2, 0) is 0 Å². The molecular formula is C26H24ClF2N3. The number of imidazole rings is 1. The molecule has 4 aromatic rings. The minimum absolute atomic E-state index is 0.122. The van der Waals surface area contributed by atoms with Crippen molar-refractivity contribution in [3.8, 4) is 0 Å². The fourth-order valence-corrected chi connectivity index (χ4v) is 5.92. The Balaban J connectivity index is 1.26. The Morgan fingerprint density at radius 3 is 2.41 bits per heavy atom. The van der Waals surface area contributed by atoms with Gasteiger partial charge in [0.15, 0.2) is 0 Å². The molecule has 3 nitrogen and oxygen atoms in total. The number of pyridine rings is 1. The van der Waals surface area contributed by atoms with Crippen molar-refractivity contribution in [1.29, 1.82) is 0 Å². The summed E-state index contributed by atoms with van der Waals surface area (Å²) in [4.78, 5) is 12.6. The molecule has 6 rings (SSSR count). The number of halogens is 3. The van der Waals surface area contributed by atoms with Crippen LogP contribution in [0.4, 0.5) is 8.78 Å². The number of nitrogens with zero attached hydrogens (tertiary/aromatic N) is 2. The van der Waals surface area contributed by atoms with Gasteiger partial charge in [0.25, 0.3) is 0 Å². The van der Waals surface area contributed by atoms with E-state index < -0.39 is 5.82 Å². The van der Waals surface area contributed by atoms with Crippen molar-refractivity contribution in [3.05, 3.63) is 70.6 Å². The summed E-state index contributed by atoms with van der Waals surface area (Å²) in [6.45, 7) is 0. The maximum atomic E-state index is 13.9. The van der Waals surface area contributed by atoms with Gasteiger partial charge in [0, 0.05) is 23.6 Å². The minimum atomic E-state index is -0.429. The molecule has 1 atom stereocenters. The van der Waals surface area contributed by atoms with Crippen molar-refractivity contribution in [2.24, 2.45) is 11.8 Å². The Morgan fingerprint density at radius 2 is 1.66 bits per heavy atom. The van der Waals surface area contributed by atoms with E-state index in [1.165, 1.54) is 30.5 Å². The summed E-state index contributed by atoms with van der Waals surface area (Å²) in [5.74, 6) is 2.32. The molecule has 0 spiro atoms. The standard InChI is InChI=1S/C26H24ClF2N3/c27-20-12-23-24(13-21(20)29)32-26(31-23)25(16-5-6-16)15-3-1-14(2-4-15)18-9-10-30-22-8-7-17(28)11-19(18)22/h7-16,25H,1-6H2,(H,31,32)/t14-,15+,25?. The summed E-state index contributed by atoms with van der Waals surface area (Å²) in [5.41, 5.74) is 3.52. The molecule has 1 unspecified atom stereocenters. The summed E-state index contributed by atoms with van der Waals surface area (Å²) < 4.78 is 27.8. The van der Waals surface area contributed by atoms with Gasteiger partial charge >= 0.3 is 0 Å². The molecule has 6 heteroatoms. The van der Waals surface area contributed by atoms with Gasteiger partial charge in [-0.1, -0.05) is 11.6 Å². The first-order valence-electron chi connectivity index (χ1n) is 11.5. The molecule has 0 bridgehead atoms. The highest BCUT2D eigenvalue weighted by Crippen LogP contribution is 2.52. The molecule has 2 aromatic carbocycles. The van der Waals surface area contributed by atoms with Crippen molar-refractivity contribution in [3.63, 3.8) is 0 Å². The molecule has 1 N–H and O–H groups in total. The largest absolute Gasteiger partial charge is 0.342 e. The van der Waals surface area contributed by atoms with Gasteiger partial charge < -0.3 is 4.98 Å². The summed E-state index contributed by atoms with van der Waals surface area (Å²) in [5, 5.41) is 1.06. The van der Waals surface area contributed by atoms with E-state index in [9.17, 15) is 8.78 Å². The van der Waals surface area contributed by atoms with Crippen LogP contribution >= 0.6 is 11.6 Å². The Morgan fingerprint density at radius 1 is 0.906 bits per heavy atom. The van der Waals surface area contributed by atoms with Gasteiger partial charge in [-0.05, 0) is 92.2 Å². The van der Waals surface area contributed by atoms with Crippen LogP contribution in [0, 0.1) is 23.5 Å². The minimum Gasteiger partial charge on any atom is -0.342 e. The Labute approximate surface area is 190 Å². The number of benzene rings is 2. The highest BCUT2D eigenvalue weighted by molar-refractivity contribution is 6.31. The molecule has 0 amide bonds. The van der Waals surface area contributed by atoms with Gasteiger partial charge in [0.2, 0.25) is 0 Å². The normalized spacial score (nSPS) is 22.5. The third kappa shape index (κ3) is 3.57. The lowest BCUT2D eigenvalue weighted by Crippen LogP contribution is -2.22. The third-order valence-electron chi connectivity index (χ3n) is 7.44. The first-order chi connectivity index (χ1) is 15.6. The molecule has 2 aliphatic carbocycles. The van der Waals surface area contributed by atoms with Crippen LogP contribution in [0.25, 0.3) is 21.9 Å². The van der Waals surface area contributed by atoms with E-state index in [1.807, 2.05) is 6.20 Å². The molecule has 32 heavy (non-hydrogen) atoms. The van der Waals surface area contributed by atoms with E-state index in [1.54, 1.807) is 18.2 Å². The summed E-state index contributed by atoms with van der Waals surface area (Å²) in [7, 11) is 0. The monoisotopic (exact) mass is 451 g/mol. The predicted octanol–water partition coefficient (Wildman–Crippen LogP) is 7.51. The van der Waals surface area contributed by atoms with Gasteiger partial charge in [0.1, 0.15) is 17.5 Å². The van der Waals surface area contributed by atoms with Crippen LogP contribution in [0.2, 0.25) is 5.02 Å². The maximum absolute atomic E-state index is 13.9. The number of aromatic amines is 1. The van der Waals surface area contributed by atoms with Gasteiger partial charge in [-0.3, -0.25) is 4.98 Å². The van der Waals surface area contributed by atoms with Gasteiger partial charge in [-0.15, -0.1) is 0 Å². The molecule has 0 aliphatic heterocycles. The number of aromatic nitrogens is 3. The number of H-pyrrole nitrogens is 1. The van der Waals surface area contributed by atoms with Crippen molar-refractivity contribution in [1.82, 2.24) is 15.0 Å². The number of rotatable bonds is 4. The Hall–Kier alpha value is -2.53. The van der Waals surface area contributed by atoms with Gasteiger partial charge in [0.05, 0.1) is 21.6 Å². The van der Waals surface area contributed by atoms with Gasteiger partial charge in [-0.25, -0.2) is 13.8 Å². The number of fused-ring (bicyclic) bond motifs is 2. The van der Waals surface area contributed by atoms with E-state index in [4.69, 9.17) is 16.6 Å². The number of hydrogen-bond acceptors (Lipinski definition) is 2. The highest BCUT2D eigenvalue weighted by Gasteiger charge is 2.41. The van der Waals surface area contributed by atoms with Crippen molar-refractivity contribution in [2.75, 3.05) is 0 Å². The molecule has 2 fully saturated rings. The first-order valence-corrected chi connectivity index (χ1v) is 11.8. The molecule has 0 radical (unpaired) electrons. The SMILES string of the molecule is Fc1ccc2nccc([C@H]3CC[C@@H](C(c4nc5cc(F)c(Cl)cc5[nH]4)C4CC4)CC3)c2c1. The average molecular weight is 452 g/mol. The zero-order valence-electron chi connectivity index (χ0n) is 17.6. The molecule has 2 aromatic heterocycles. The lowest BCUT2D eigenvalue weighted by atomic mass is 9.72. The fraction of sp³-hybridized carbons (Fsp3) is 0.385. The molecular weight excluding hydrogens is 428 g/mol.